The second kappa shape index (κ2) is 5.12. The van der Waals surface area contributed by atoms with E-state index in [1.807, 2.05) is 0 Å². The molecule has 92 valence electrons. The number of aliphatic hydroxyl groups excluding tert-OH is 1. The Labute approximate surface area is 109 Å². The molecule has 1 atom stereocenters. The lowest BCUT2D eigenvalue weighted by molar-refractivity contribution is 0.151. The maximum Gasteiger partial charge on any atom is 0.410 e. The smallest absolute Gasteiger partial charge is 0.410 e. The minimum atomic E-state index is -0.458. The van der Waals surface area contributed by atoms with Crippen LogP contribution in [0.3, 0.4) is 0 Å². The van der Waals surface area contributed by atoms with Gasteiger partial charge in [-0.25, -0.2) is 4.79 Å². The molecule has 0 bridgehead atoms. The molecule has 1 aliphatic heterocycles. The van der Waals surface area contributed by atoms with Gasteiger partial charge in [0.1, 0.15) is 6.61 Å². The summed E-state index contributed by atoms with van der Waals surface area (Å²) in [5.74, 6) is 0. The van der Waals surface area contributed by atoms with Crippen LogP contribution in [-0.4, -0.2) is 35.4 Å². The molecule has 0 radical (unpaired) electrons. The topological polar surface area (TPSA) is 49.8 Å². The van der Waals surface area contributed by atoms with Crippen LogP contribution in [0.4, 0.5) is 4.79 Å². The number of benzene rings is 1. The van der Waals surface area contributed by atoms with E-state index in [1.165, 1.54) is 4.90 Å². The third-order valence-corrected chi connectivity index (χ3v) is 3.38. The number of ether oxygens (including phenoxy) is 1. The fraction of sp³-hybridized carbons (Fsp3) is 0.364. The van der Waals surface area contributed by atoms with Crippen molar-refractivity contribution in [3.63, 3.8) is 0 Å². The number of cyclic esters (lactones) is 1. The lowest BCUT2D eigenvalue weighted by Gasteiger charge is -2.20. The van der Waals surface area contributed by atoms with Crippen molar-refractivity contribution >= 4 is 29.3 Å². The summed E-state index contributed by atoms with van der Waals surface area (Å²) in [5.41, 5.74) is 0.660. The van der Waals surface area contributed by atoms with E-state index in [1.54, 1.807) is 18.2 Å². The zero-order chi connectivity index (χ0) is 12.4. The van der Waals surface area contributed by atoms with E-state index in [9.17, 15) is 4.79 Å². The maximum absolute atomic E-state index is 11.5. The molecule has 0 aliphatic carbocycles. The Bertz CT molecular complexity index is 418. The van der Waals surface area contributed by atoms with E-state index in [0.717, 1.165) is 0 Å². The van der Waals surface area contributed by atoms with Crippen LogP contribution in [0.15, 0.2) is 18.2 Å². The highest BCUT2D eigenvalue weighted by atomic mass is 35.5. The molecule has 1 N–H and O–H groups in total. The highest BCUT2D eigenvalue weighted by Crippen LogP contribution is 2.27. The molecule has 6 heteroatoms. The number of nitrogens with zero attached hydrogens (tertiary/aromatic N) is 1. The first-order chi connectivity index (χ1) is 8.13. The van der Waals surface area contributed by atoms with Crippen molar-refractivity contribution in [1.82, 2.24) is 4.90 Å². The number of aliphatic hydroxyl groups is 1. The summed E-state index contributed by atoms with van der Waals surface area (Å²) in [6, 6.07) is 4.81. The van der Waals surface area contributed by atoms with E-state index in [-0.39, 0.29) is 25.8 Å². The largest absolute Gasteiger partial charge is 0.447 e. The van der Waals surface area contributed by atoms with Crippen LogP contribution in [0, 0.1) is 0 Å². The van der Waals surface area contributed by atoms with Crippen molar-refractivity contribution in [2.75, 3.05) is 13.2 Å². The number of hydrogen-bond donors (Lipinski definition) is 1. The zero-order valence-corrected chi connectivity index (χ0v) is 10.4. The second-order valence-corrected chi connectivity index (χ2v) is 4.56. The lowest BCUT2D eigenvalue weighted by atomic mass is 10.2. The highest BCUT2D eigenvalue weighted by Gasteiger charge is 2.33. The minimum absolute atomic E-state index is 0.145. The van der Waals surface area contributed by atoms with Crippen LogP contribution in [0.25, 0.3) is 0 Å². The molecule has 4 nitrogen and oxygen atoms in total. The van der Waals surface area contributed by atoms with E-state index >= 15 is 0 Å². The van der Waals surface area contributed by atoms with Crippen LogP contribution in [0.1, 0.15) is 5.56 Å². The van der Waals surface area contributed by atoms with Gasteiger partial charge in [-0.1, -0.05) is 29.3 Å². The van der Waals surface area contributed by atoms with Gasteiger partial charge in [-0.3, -0.25) is 4.90 Å². The molecule has 1 fully saturated rings. The number of rotatable bonds is 3. The summed E-state index contributed by atoms with van der Waals surface area (Å²) in [5, 5.41) is 10.1. The molecule has 0 spiro atoms. The van der Waals surface area contributed by atoms with Crippen molar-refractivity contribution in [1.29, 1.82) is 0 Å². The van der Waals surface area contributed by atoms with E-state index in [4.69, 9.17) is 33.0 Å². The number of halogens is 2. The molecule has 1 amide bonds. The average molecular weight is 276 g/mol. The third-order valence-electron chi connectivity index (χ3n) is 2.68. The summed E-state index contributed by atoms with van der Waals surface area (Å²) < 4.78 is 4.86. The van der Waals surface area contributed by atoms with Gasteiger partial charge in [-0.05, 0) is 12.1 Å². The van der Waals surface area contributed by atoms with Gasteiger partial charge in [-0.15, -0.1) is 0 Å². The highest BCUT2D eigenvalue weighted by molar-refractivity contribution is 6.36. The Hall–Kier alpha value is -0.970. The molecular weight excluding hydrogens is 265 g/mol. The summed E-state index contributed by atoms with van der Waals surface area (Å²) >= 11 is 12.0. The van der Waals surface area contributed by atoms with E-state index < -0.39 is 6.09 Å². The minimum Gasteiger partial charge on any atom is -0.447 e. The predicted octanol–water partition coefficient (Wildman–Crippen LogP) is 2.31. The van der Waals surface area contributed by atoms with Crippen LogP contribution < -0.4 is 0 Å². The summed E-state index contributed by atoms with van der Waals surface area (Å²) in [6.45, 7) is 0.285. The normalized spacial score (nSPS) is 19.6. The van der Waals surface area contributed by atoms with Gasteiger partial charge in [0.2, 0.25) is 0 Å². The Morgan fingerprint density at radius 1 is 1.41 bits per heavy atom. The van der Waals surface area contributed by atoms with Gasteiger partial charge < -0.3 is 9.84 Å². The van der Waals surface area contributed by atoms with Gasteiger partial charge in [0.05, 0.1) is 19.2 Å². The van der Waals surface area contributed by atoms with Crippen LogP contribution in [-0.2, 0) is 11.3 Å². The molecule has 0 aromatic heterocycles. The first-order valence-corrected chi connectivity index (χ1v) is 5.86. The van der Waals surface area contributed by atoms with Crippen molar-refractivity contribution in [2.24, 2.45) is 0 Å². The van der Waals surface area contributed by atoms with Crippen LogP contribution >= 0.6 is 23.2 Å². The molecule has 1 aliphatic rings. The molecule has 0 saturated carbocycles. The zero-order valence-electron chi connectivity index (χ0n) is 8.90. The molecule has 2 rings (SSSR count). The van der Waals surface area contributed by atoms with Gasteiger partial charge in [0.25, 0.3) is 0 Å². The van der Waals surface area contributed by atoms with Crippen molar-refractivity contribution in [2.45, 2.75) is 12.6 Å². The van der Waals surface area contributed by atoms with Crippen molar-refractivity contribution in [3.05, 3.63) is 33.8 Å². The standard InChI is InChI=1S/C11H11Cl2NO3/c12-9-2-1-3-10(13)8(9)4-14-7(5-15)6-17-11(14)16/h1-3,7,15H,4-6H2/t7-/m1/s1. The second-order valence-electron chi connectivity index (χ2n) is 3.74. The molecule has 1 aromatic rings. The fourth-order valence-electron chi connectivity index (χ4n) is 1.69. The molecule has 0 unspecified atom stereocenters. The first kappa shape index (κ1) is 12.5. The van der Waals surface area contributed by atoms with Crippen LogP contribution in [0.2, 0.25) is 10.0 Å². The number of amides is 1. The Kier molecular flexibility index (Phi) is 3.76. The van der Waals surface area contributed by atoms with Gasteiger partial charge in [0, 0.05) is 15.6 Å². The Morgan fingerprint density at radius 3 is 2.65 bits per heavy atom. The Balaban J connectivity index is 2.22. The Morgan fingerprint density at radius 2 is 2.06 bits per heavy atom. The van der Waals surface area contributed by atoms with Crippen molar-refractivity contribution in [3.8, 4) is 0 Å². The quantitative estimate of drug-likeness (QED) is 0.921. The fourth-order valence-corrected chi connectivity index (χ4v) is 2.21. The van der Waals surface area contributed by atoms with Gasteiger partial charge in [0.15, 0.2) is 0 Å². The number of carbonyl (C=O) groups is 1. The molecular formula is C11H11Cl2NO3. The van der Waals surface area contributed by atoms with Gasteiger partial charge in [-0.2, -0.15) is 0 Å². The summed E-state index contributed by atoms with van der Waals surface area (Å²) in [7, 11) is 0. The van der Waals surface area contributed by atoms with Gasteiger partial charge >= 0.3 is 6.09 Å². The molecule has 1 aromatic carbocycles. The third kappa shape index (κ3) is 2.49. The maximum atomic E-state index is 11.5. The SMILES string of the molecule is O=C1OC[C@@H](CO)N1Cc1c(Cl)cccc1Cl. The molecule has 1 saturated heterocycles. The lowest BCUT2D eigenvalue weighted by Crippen LogP contribution is -2.35. The van der Waals surface area contributed by atoms with E-state index in [0.29, 0.717) is 15.6 Å². The average Bonchev–Trinajstić information content (AvgIpc) is 2.65. The first-order valence-electron chi connectivity index (χ1n) is 5.10. The summed E-state index contributed by atoms with van der Waals surface area (Å²) in [4.78, 5) is 12.9. The predicted molar refractivity (Wildman–Crippen MR) is 64.2 cm³/mol. The van der Waals surface area contributed by atoms with Crippen molar-refractivity contribution < 1.29 is 14.6 Å². The van der Waals surface area contributed by atoms with E-state index in [2.05, 4.69) is 0 Å². The summed E-state index contributed by atoms with van der Waals surface area (Å²) in [6.07, 6.45) is -0.458. The number of carbonyl (C=O) groups excluding carboxylic acids is 1. The molecule has 17 heavy (non-hydrogen) atoms. The monoisotopic (exact) mass is 275 g/mol. The van der Waals surface area contributed by atoms with Crippen LogP contribution in [0.5, 0.6) is 0 Å². The number of hydrogen-bond acceptors (Lipinski definition) is 3. The molecule has 1 heterocycles.